The van der Waals surface area contributed by atoms with Gasteiger partial charge < -0.3 is 9.88 Å². The Morgan fingerprint density at radius 3 is 2.85 bits per heavy atom. The second kappa shape index (κ2) is 6.61. The van der Waals surface area contributed by atoms with Crippen molar-refractivity contribution in [3.63, 3.8) is 0 Å². The molecule has 0 aliphatic rings. The van der Waals surface area contributed by atoms with Crippen molar-refractivity contribution in [1.82, 2.24) is 14.9 Å². The molecule has 1 heterocycles. The standard InChI is InChI=1S/C15H19F2N3/c1-3-7-20-8-6-19-15(20)10-14(18-2)12-9-11(16)4-5-13(12)17/h4-6,8-9,14,18H,3,7,10H2,1-2H3. The van der Waals surface area contributed by atoms with Gasteiger partial charge in [0.25, 0.3) is 0 Å². The third-order valence-corrected chi connectivity index (χ3v) is 3.33. The van der Waals surface area contributed by atoms with Gasteiger partial charge in [-0.1, -0.05) is 6.92 Å². The largest absolute Gasteiger partial charge is 0.335 e. The van der Waals surface area contributed by atoms with E-state index < -0.39 is 11.6 Å². The molecule has 0 saturated carbocycles. The van der Waals surface area contributed by atoms with Crippen LogP contribution < -0.4 is 5.32 Å². The summed E-state index contributed by atoms with van der Waals surface area (Å²) in [7, 11) is 1.74. The highest BCUT2D eigenvalue weighted by molar-refractivity contribution is 5.23. The number of aromatic nitrogens is 2. The molecule has 0 fully saturated rings. The second-order valence-electron chi connectivity index (χ2n) is 4.75. The number of halogens is 2. The van der Waals surface area contributed by atoms with Crippen molar-refractivity contribution >= 4 is 0 Å². The average Bonchev–Trinajstić information content (AvgIpc) is 2.87. The predicted molar refractivity (Wildman–Crippen MR) is 74.4 cm³/mol. The number of aryl methyl sites for hydroxylation is 1. The molecule has 1 aromatic heterocycles. The lowest BCUT2D eigenvalue weighted by atomic mass is 10.0. The summed E-state index contributed by atoms with van der Waals surface area (Å²) in [5, 5.41) is 3.03. The molecule has 1 unspecified atom stereocenters. The molecule has 0 aliphatic carbocycles. The third-order valence-electron chi connectivity index (χ3n) is 3.33. The van der Waals surface area contributed by atoms with Gasteiger partial charge in [-0.15, -0.1) is 0 Å². The lowest BCUT2D eigenvalue weighted by Crippen LogP contribution is -2.22. The van der Waals surface area contributed by atoms with Crippen LogP contribution in [0.15, 0.2) is 30.6 Å². The van der Waals surface area contributed by atoms with Crippen molar-refractivity contribution in [1.29, 1.82) is 0 Å². The number of hydrogen-bond donors (Lipinski definition) is 1. The van der Waals surface area contributed by atoms with Crippen molar-refractivity contribution in [3.8, 4) is 0 Å². The molecule has 1 aromatic carbocycles. The van der Waals surface area contributed by atoms with Crippen molar-refractivity contribution in [2.24, 2.45) is 0 Å². The molecule has 1 atom stereocenters. The summed E-state index contributed by atoms with van der Waals surface area (Å²) in [6.07, 6.45) is 5.17. The first-order chi connectivity index (χ1) is 9.65. The first-order valence-electron chi connectivity index (χ1n) is 6.78. The highest BCUT2D eigenvalue weighted by Crippen LogP contribution is 2.21. The molecule has 0 bridgehead atoms. The molecule has 5 heteroatoms. The van der Waals surface area contributed by atoms with Gasteiger partial charge in [-0.25, -0.2) is 13.8 Å². The van der Waals surface area contributed by atoms with E-state index in [-0.39, 0.29) is 6.04 Å². The Labute approximate surface area is 117 Å². The summed E-state index contributed by atoms with van der Waals surface area (Å²) in [5.41, 5.74) is 0.332. The fourth-order valence-electron chi connectivity index (χ4n) is 2.31. The summed E-state index contributed by atoms with van der Waals surface area (Å²) >= 11 is 0. The first-order valence-corrected chi connectivity index (χ1v) is 6.78. The van der Waals surface area contributed by atoms with Gasteiger partial charge in [-0.05, 0) is 31.7 Å². The van der Waals surface area contributed by atoms with E-state index in [1.165, 1.54) is 6.07 Å². The Balaban J connectivity index is 2.24. The molecule has 108 valence electrons. The molecule has 0 radical (unpaired) electrons. The van der Waals surface area contributed by atoms with Gasteiger partial charge in [-0.3, -0.25) is 0 Å². The highest BCUT2D eigenvalue weighted by Gasteiger charge is 2.17. The predicted octanol–water partition coefficient (Wildman–Crippen LogP) is 3.07. The van der Waals surface area contributed by atoms with E-state index in [1.54, 1.807) is 13.2 Å². The highest BCUT2D eigenvalue weighted by atomic mass is 19.1. The molecule has 0 aliphatic heterocycles. The zero-order valence-electron chi connectivity index (χ0n) is 11.7. The van der Waals surface area contributed by atoms with Gasteiger partial charge >= 0.3 is 0 Å². The maximum atomic E-state index is 13.9. The van der Waals surface area contributed by atoms with Gasteiger partial charge in [0.15, 0.2) is 0 Å². The van der Waals surface area contributed by atoms with Gasteiger partial charge in [0.1, 0.15) is 17.5 Å². The van der Waals surface area contributed by atoms with E-state index >= 15 is 0 Å². The zero-order valence-corrected chi connectivity index (χ0v) is 11.7. The van der Waals surface area contributed by atoms with E-state index in [0.29, 0.717) is 12.0 Å². The van der Waals surface area contributed by atoms with Crippen molar-refractivity contribution < 1.29 is 8.78 Å². The minimum atomic E-state index is -0.432. The number of likely N-dealkylation sites (N-methyl/N-ethyl adjacent to an activating group) is 1. The summed E-state index contributed by atoms with van der Waals surface area (Å²) in [5.74, 6) is 0.0350. The van der Waals surface area contributed by atoms with Gasteiger partial charge in [-0.2, -0.15) is 0 Å². The lowest BCUT2D eigenvalue weighted by Gasteiger charge is -2.18. The van der Waals surface area contributed by atoms with E-state index in [4.69, 9.17) is 0 Å². The Kier molecular flexibility index (Phi) is 4.84. The van der Waals surface area contributed by atoms with Crippen LogP contribution in [0.5, 0.6) is 0 Å². The van der Waals surface area contributed by atoms with Crippen molar-refractivity contribution in [2.45, 2.75) is 32.4 Å². The molecule has 2 rings (SSSR count). The Morgan fingerprint density at radius 2 is 2.15 bits per heavy atom. The first kappa shape index (κ1) is 14.7. The summed E-state index contributed by atoms with van der Waals surface area (Å²) in [6, 6.07) is 3.23. The summed E-state index contributed by atoms with van der Waals surface area (Å²) < 4.78 is 29.2. The molecule has 1 N–H and O–H groups in total. The van der Waals surface area contributed by atoms with Crippen LogP contribution in [0, 0.1) is 11.6 Å². The van der Waals surface area contributed by atoms with Crippen LogP contribution in [0.1, 0.15) is 30.8 Å². The van der Waals surface area contributed by atoms with Crippen LogP contribution in [0.4, 0.5) is 8.78 Å². The maximum absolute atomic E-state index is 13.9. The lowest BCUT2D eigenvalue weighted by molar-refractivity contribution is 0.503. The second-order valence-corrected chi connectivity index (χ2v) is 4.75. The Bertz CT molecular complexity index is 566. The molecular formula is C15H19F2N3. The molecule has 20 heavy (non-hydrogen) atoms. The van der Waals surface area contributed by atoms with E-state index in [0.717, 1.165) is 30.9 Å². The van der Waals surface area contributed by atoms with Gasteiger partial charge in [0, 0.05) is 37.0 Å². The number of rotatable bonds is 6. The van der Waals surface area contributed by atoms with Crippen LogP contribution >= 0.6 is 0 Å². The molecule has 2 aromatic rings. The summed E-state index contributed by atoms with van der Waals surface area (Å²) in [4.78, 5) is 4.31. The van der Waals surface area contributed by atoms with Crippen LogP contribution in [0.25, 0.3) is 0 Å². The molecule has 0 spiro atoms. The number of hydrogen-bond acceptors (Lipinski definition) is 2. The number of benzene rings is 1. The molecular weight excluding hydrogens is 260 g/mol. The topological polar surface area (TPSA) is 29.9 Å². The molecule has 0 saturated heterocycles. The quantitative estimate of drug-likeness (QED) is 0.880. The SMILES string of the molecule is CCCn1ccnc1CC(NC)c1cc(F)ccc1F. The van der Waals surface area contributed by atoms with E-state index in [1.807, 2.05) is 10.8 Å². The number of nitrogens with one attached hydrogen (secondary N) is 1. The number of nitrogens with zero attached hydrogens (tertiary/aromatic N) is 2. The minimum Gasteiger partial charge on any atom is -0.335 e. The maximum Gasteiger partial charge on any atom is 0.128 e. The monoisotopic (exact) mass is 279 g/mol. The van der Waals surface area contributed by atoms with E-state index in [9.17, 15) is 8.78 Å². The van der Waals surface area contributed by atoms with Gasteiger partial charge in [0.05, 0.1) is 0 Å². The fourth-order valence-corrected chi connectivity index (χ4v) is 2.31. The van der Waals surface area contributed by atoms with Crippen LogP contribution in [-0.4, -0.2) is 16.6 Å². The van der Waals surface area contributed by atoms with E-state index in [2.05, 4.69) is 17.2 Å². The van der Waals surface area contributed by atoms with Crippen LogP contribution in [0.2, 0.25) is 0 Å². The Morgan fingerprint density at radius 1 is 1.35 bits per heavy atom. The van der Waals surface area contributed by atoms with Crippen LogP contribution in [-0.2, 0) is 13.0 Å². The summed E-state index contributed by atoms with van der Waals surface area (Å²) in [6.45, 7) is 2.96. The smallest absolute Gasteiger partial charge is 0.128 e. The van der Waals surface area contributed by atoms with Crippen molar-refractivity contribution in [3.05, 3.63) is 53.6 Å². The van der Waals surface area contributed by atoms with Crippen molar-refractivity contribution in [2.75, 3.05) is 7.05 Å². The molecule has 0 amide bonds. The Hall–Kier alpha value is -1.75. The number of imidazole rings is 1. The van der Waals surface area contributed by atoms with Crippen LogP contribution in [0.3, 0.4) is 0 Å². The van der Waals surface area contributed by atoms with Gasteiger partial charge in [0.2, 0.25) is 0 Å². The fraction of sp³-hybridized carbons (Fsp3) is 0.400. The normalized spacial score (nSPS) is 12.6. The zero-order chi connectivity index (χ0) is 14.5. The minimum absolute atomic E-state index is 0.302. The average molecular weight is 279 g/mol. The molecule has 3 nitrogen and oxygen atoms in total. The third kappa shape index (κ3) is 3.22.